The molecular weight excluding hydrogens is 314 g/mol. The van der Waals surface area contributed by atoms with Crippen molar-refractivity contribution in [2.24, 2.45) is 0 Å². The summed E-state index contributed by atoms with van der Waals surface area (Å²) >= 11 is 0. The SMILES string of the molecule is Cc1cccnc1C[C@H](C)NC(=O)N(C)C1CCS(=O)(=O)CC1. The number of nitrogens with zero attached hydrogens (tertiary/aromatic N) is 2. The van der Waals surface area contributed by atoms with Crippen molar-refractivity contribution >= 4 is 15.9 Å². The van der Waals surface area contributed by atoms with E-state index in [-0.39, 0.29) is 29.6 Å². The second kappa shape index (κ2) is 7.29. The molecular formula is C16H25N3O3S. The fourth-order valence-electron chi connectivity index (χ4n) is 2.82. The average molecular weight is 339 g/mol. The molecule has 0 spiro atoms. The van der Waals surface area contributed by atoms with Crippen LogP contribution in [0.1, 0.15) is 31.0 Å². The first-order valence-corrected chi connectivity index (χ1v) is 9.75. The first-order chi connectivity index (χ1) is 10.8. The van der Waals surface area contributed by atoms with E-state index in [1.807, 2.05) is 26.0 Å². The van der Waals surface area contributed by atoms with Gasteiger partial charge in [0, 0.05) is 37.4 Å². The Morgan fingerprint density at radius 1 is 1.43 bits per heavy atom. The first kappa shape index (κ1) is 17.7. The average Bonchev–Trinajstić information content (AvgIpc) is 2.49. The molecule has 1 aliphatic rings. The zero-order valence-electron chi connectivity index (χ0n) is 13.9. The predicted molar refractivity (Wildman–Crippen MR) is 90.1 cm³/mol. The lowest BCUT2D eigenvalue weighted by molar-refractivity contribution is 0.182. The number of sulfone groups is 1. The smallest absolute Gasteiger partial charge is 0.317 e. The minimum absolute atomic E-state index is 0.0117. The van der Waals surface area contributed by atoms with Crippen LogP contribution in [0.4, 0.5) is 4.79 Å². The molecule has 0 bridgehead atoms. The number of hydrogen-bond acceptors (Lipinski definition) is 4. The lowest BCUT2D eigenvalue weighted by Gasteiger charge is -2.32. The van der Waals surface area contributed by atoms with Crippen LogP contribution in [0.3, 0.4) is 0 Å². The first-order valence-electron chi connectivity index (χ1n) is 7.93. The Morgan fingerprint density at radius 2 is 2.09 bits per heavy atom. The maximum Gasteiger partial charge on any atom is 0.317 e. The van der Waals surface area contributed by atoms with E-state index in [1.54, 1.807) is 18.1 Å². The number of nitrogens with one attached hydrogen (secondary N) is 1. The number of hydrogen-bond donors (Lipinski definition) is 1. The summed E-state index contributed by atoms with van der Waals surface area (Å²) in [7, 11) is -1.18. The van der Waals surface area contributed by atoms with Crippen molar-refractivity contribution < 1.29 is 13.2 Å². The van der Waals surface area contributed by atoms with Gasteiger partial charge < -0.3 is 10.2 Å². The molecule has 23 heavy (non-hydrogen) atoms. The molecule has 1 N–H and O–H groups in total. The number of pyridine rings is 1. The molecule has 128 valence electrons. The summed E-state index contributed by atoms with van der Waals surface area (Å²) in [6.45, 7) is 3.96. The Hall–Kier alpha value is -1.63. The van der Waals surface area contributed by atoms with Gasteiger partial charge in [-0.05, 0) is 38.3 Å². The third kappa shape index (κ3) is 4.92. The van der Waals surface area contributed by atoms with Gasteiger partial charge in [-0.3, -0.25) is 4.98 Å². The molecule has 2 rings (SSSR count). The van der Waals surface area contributed by atoms with Gasteiger partial charge in [0.1, 0.15) is 9.84 Å². The Morgan fingerprint density at radius 3 is 2.70 bits per heavy atom. The van der Waals surface area contributed by atoms with Gasteiger partial charge in [0.2, 0.25) is 0 Å². The summed E-state index contributed by atoms with van der Waals surface area (Å²) in [6.07, 6.45) is 3.46. The van der Waals surface area contributed by atoms with Crippen LogP contribution >= 0.6 is 0 Å². The van der Waals surface area contributed by atoms with Gasteiger partial charge >= 0.3 is 6.03 Å². The maximum atomic E-state index is 12.3. The topological polar surface area (TPSA) is 79.4 Å². The summed E-state index contributed by atoms with van der Waals surface area (Å²) < 4.78 is 23.0. The molecule has 0 radical (unpaired) electrons. The van der Waals surface area contributed by atoms with E-state index >= 15 is 0 Å². The van der Waals surface area contributed by atoms with Crippen molar-refractivity contribution in [2.45, 2.75) is 45.2 Å². The Balaban J connectivity index is 1.87. The Kier molecular flexibility index (Phi) is 5.62. The molecule has 7 heteroatoms. The lowest BCUT2D eigenvalue weighted by atomic mass is 10.1. The zero-order chi connectivity index (χ0) is 17.0. The Bertz CT molecular complexity index is 646. The second-order valence-corrected chi connectivity index (χ2v) is 8.62. The molecule has 0 aromatic carbocycles. The molecule has 1 aliphatic heterocycles. The van der Waals surface area contributed by atoms with Crippen LogP contribution in [0, 0.1) is 6.92 Å². The normalized spacial score (nSPS) is 19.1. The van der Waals surface area contributed by atoms with Crippen LogP contribution in [-0.4, -0.2) is 55.0 Å². The fraction of sp³-hybridized carbons (Fsp3) is 0.625. The molecule has 1 fully saturated rings. The van der Waals surface area contributed by atoms with Gasteiger partial charge in [0.25, 0.3) is 0 Å². The number of aromatic nitrogens is 1. The quantitative estimate of drug-likeness (QED) is 0.902. The van der Waals surface area contributed by atoms with E-state index in [2.05, 4.69) is 10.3 Å². The van der Waals surface area contributed by atoms with Gasteiger partial charge in [-0.2, -0.15) is 0 Å². The number of amides is 2. The van der Waals surface area contributed by atoms with Crippen LogP contribution < -0.4 is 5.32 Å². The van der Waals surface area contributed by atoms with Crippen molar-refractivity contribution in [3.63, 3.8) is 0 Å². The molecule has 1 atom stereocenters. The highest BCUT2D eigenvalue weighted by molar-refractivity contribution is 7.91. The Labute approximate surface area is 138 Å². The molecule has 0 aliphatic carbocycles. The molecule has 1 aromatic rings. The third-order valence-corrected chi connectivity index (χ3v) is 6.09. The third-order valence-electron chi connectivity index (χ3n) is 4.38. The lowest BCUT2D eigenvalue weighted by Crippen LogP contribution is -2.49. The highest BCUT2D eigenvalue weighted by Gasteiger charge is 2.28. The fourth-order valence-corrected chi connectivity index (χ4v) is 4.28. The van der Waals surface area contributed by atoms with Gasteiger partial charge in [0.15, 0.2) is 0 Å². The van der Waals surface area contributed by atoms with Crippen molar-refractivity contribution in [3.05, 3.63) is 29.6 Å². The largest absolute Gasteiger partial charge is 0.335 e. The van der Waals surface area contributed by atoms with Crippen molar-refractivity contribution in [2.75, 3.05) is 18.6 Å². The van der Waals surface area contributed by atoms with Crippen LogP contribution in [0.2, 0.25) is 0 Å². The van der Waals surface area contributed by atoms with Gasteiger partial charge in [-0.25, -0.2) is 13.2 Å². The number of carbonyl (C=O) groups is 1. The van der Waals surface area contributed by atoms with E-state index in [0.717, 1.165) is 11.3 Å². The minimum atomic E-state index is -2.91. The molecule has 6 nitrogen and oxygen atoms in total. The summed E-state index contributed by atoms with van der Waals surface area (Å²) in [4.78, 5) is 18.3. The highest BCUT2D eigenvalue weighted by Crippen LogP contribution is 2.17. The standard InChI is InChI=1S/C16H25N3O3S/c1-12-5-4-8-17-15(12)11-13(2)18-16(20)19(3)14-6-9-23(21,22)10-7-14/h4-5,8,13-14H,6-7,9-11H2,1-3H3,(H,18,20)/t13-/m0/s1. The summed E-state index contributed by atoms with van der Waals surface area (Å²) in [5, 5.41) is 2.97. The van der Waals surface area contributed by atoms with E-state index in [0.29, 0.717) is 19.3 Å². The monoisotopic (exact) mass is 339 g/mol. The van der Waals surface area contributed by atoms with Crippen molar-refractivity contribution in [3.8, 4) is 0 Å². The molecule has 1 aromatic heterocycles. The van der Waals surface area contributed by atoms with Gasteiger partial charge in [-0.15, -0.1) is 0 Å². The van der Waals surface area contributed by atoms with E-state index in [1.165, 1.54) is 0 Å². The number of rotatable bonds is 4. The summed E-state index contributed by atoms with van der Waals surface area (Å²) in [5.41, 5.74) is 2.09. The number of carbonyl (C=O) groups excluding carboxylic acids is 1. The number of aryl methyl sites for hydroxylation is 1. The summed E-state index contributed by atoms with van der Waals surface area (Å²) in [5.74, 6) is 0.329. The number of urea groups is 1. The van der Waals surface area contributed by atoms with Crippen molar-refractivity contribution in [1.82, 2.24) is 15.2 Å². The van der Waals surface area contributed by atoms with Gasteiger partial charge in [0.05, 0.1) is 11.5 Å². The molecule has 0 unspecified atom stereocenters. The van der Waals surface area contributed by atoms with E-state index in [9.17, 15) is 13.2 Å². The van der Waals surface area contributed by atoms with Gasteiger partial charge in [-0.1, -0.05) is 6.07 Å². The summed E-state index contributed by atoms with van der Waals surface area (Å²) in [6, 6.07) is 3.70. The molecule has 2 amide bonds. The van der Waals surface area contributed by atoms with Crippen LogP contribution in [0.5, 0.6) is 0 Å². The van der Waals surface area contributed by atoms with Crippen LogP contribution in [-0.2, 0) is 16.3 Å². The van der Waals surface area contributed by atoms with E-state index < -0.39 is 9.84 Å². The van der Waals surface area contributed by atoms with Crippen LogP contribution in [0.15, 0.2) is 18.3 Å². The highest BCUT2D eigenvalue weighted by atomic mass is 32.2. The predicted octanol–water partition coefficient (Wildman–Crippen LogP) is 1.54. The minimum Gasteiger partial charge on any atom is -0.335 e. The molecule has 2 heterocycles. The maximum absolute atomic E-state index is 12.3. The molecule has 0 saturated carbocycles. The second-order valence-electron chi connectivity index (χ2n) is 6.32. The van der Waals surface area contributed by atoms with E-state index in [4.69, 9.17) is 0 Å². The molecule has 1 saturated heterocycles. The van der Waals surface area contributed by atoms with Crippen LogP contribution in [0.25, 0.3) is 0 Å². The van der Waals surface area contributed by atoms with Crippen molar-refractivity contribution in [1.29, 1.82) is 0 Å². The zero-order valence-corrected chi connectivity index (χ0v) is 14.8.